The van der Waals surface area contributed by atoms with Crippen LogP contribution in [-0.4, -0.2) is 55.4 Å². The van der Waals surface area contributed by atoms with E-state index in [1.807, 2.05) is 31.2 Å². The Bertz CT molecular complexity index is 573. The van der Waals surface area contributed by atoms with Crippen molar-refractivity contribution >= 4 is 43.7 Å². The van der Waals surface area contributed by atoms with Crippen LogP contribution in [-0.2, 0) is 4.79 Å². The Morgan fingerprint density at radius 3 is 2.27 bits per heavy atom. The van der Waals surface area contributed by atoms with Crippen molar-refractivity contribution in [2.75, 3.05) is 6.61 Å². The van der Waals surface area contributed by atoms with Gasteiger partial charge in [0.15, 0.2) is 0 Å². The number of hydrogen-bond acceptors (Lipinski definition) is 2. The van der Waals surface area contributed by atoms with Gasteiger partial charge in [-0.3, -0.25) is 4.79 Å². The van der Waals surface area contributed by atoms with E-state index >= 15 is 0 Å². The van der Waals surface area contributed by atoms with Crippen LogP contribution in [0.4, 0.5) is 0 Å². The van der Waals surface area contributed by atoms with E-state index < -0.39 is 5.97 Å². The normalized spacial score (nSPS) is 10.5. The molecule has 3 nitrogen and oxygen atoms in total. The van der Waals surface area contributed by atoms with Crippen molar-refractivity contribution in [3.05, 3.63) is 41.0 Å². The van der Waals surface area contributed by atoms with E-state index in [0.29, 0.717) is 6.61 Å². The Morgan fingerprint density at radius 1 is 1.23 bits per heavy atom. The molecule has 1 aromatic rings. The van der Waals surface area contributed by atoms with Gasteiger partial charge in [0.2, 0.25) is 0 Å². The molecule has 0 spiro atoms. The topological polar surface area (TPSA) is 46.5 Å². The second kappa shape index (κ2) is 10.7. The SMILES string of the molecule is CC#C[C@@H](CC(=O)O)c1ccc(OCC(C)=C(C)C)cc1.[CaH2]. The average Bonchev–Trinajstić information content (AvgIpc) is 2.44. The number of carbonyl (C=O) groups is 1. The van der Waals surface area contributed by atoms with Crippen LogP contribution in [0.2, 0.25) is 0 Å². The fourth-order valence-corrected chi connectivity index (χ4v) is 1.73. The van der Waals surface area contributed by atoms with Crippen LogP contribution >= 0.6 is 0 Å². The Morgan fingerprint density at radius 2 is 1.82 bits per heavy atom. The summed E-state index contributed by atoms with van der Waals surface area (Å²) < 4.78 is 5.69. The third-order valence-corrected chi connectivity index (χ3v) is 3.29. The predicted molar refractivity (Wildman–Crippen MR) is 93.0 cm³/mol. The van der Waals surface area contributed by atoms with Crippen LogP contribution in [0, 0.1) is 11.8 Å². The van der Waals surface area contributed by atoms with Gasteiger partial charge in [0.1, 0.15) is 12.4 Å². The zero-order valence-electron chi connectivity index (χ0n) is 13.1. The number of benzene rings is 1. The molecule has 0 aromatic heterocycles. The zero-order valence-corrected chi connectivity index (χ0v) is 13.1. The molecule has 0 aliphatic rings. The quantitative estimate of drug-likeness (QED) is 0.496. The molecular formula is C18H24CaO3. The summed E-state index contributed by atoms with van der Waals surface area (Å²) in [7, 11) is 0. The second-order valence-corrected chi connectivity index (χ2v) is 5.18. The van der Waals surface area contributed by atoms with Crippen molar-refractivity contribution < 1.29 is 14.6 Å². The Balaban J connectivity index is 0.00000441. The van der Waals surface area contributed by atoms with E-state index in [0.717, 1.165) is 11.3 Å². The molecule has 1 atom stereocenters. The second-order valence-electron chi connectivity index (χ2n) is 5.18. The molecule has 0 radical (unpaired) electrons. The summed E-state index contributed by atoms with van der Waals surface area (Å²) in [6, 6.07) is 7.48. The average molecular weight is 328 g/mol. The minimum atomic E-state index is -0.845. The number of ether oxygens (including phenoxy) is 1. The molecule has 0 heterocycles. The summed E-state index contributed by atoms with van der Waals surface area (Å²) in [5, 5.41) is 8.93. The van der Waals surface area contributed by atoms with E-state index in [1.165, 1.54) is 11.1 Å². The third kappa shape index (κ3) is 7.35. The minimum absolute atomic E-state index is 0. The molecule has 1 rings (SSSR count). The summed E-state index contributed by atoms with van der Waals surface area (Å²) in [5.41, 5.74) is 3.36. The van der Waals surface area contributed by atoms with Crippen LogP contribution in [0.15, 0.2) is 35.4 Å². The van der Waals surface area contributed by atoms with Gasteiger partial charge < -0.3 is 9.84 Å². The number of carboxylic acid groups (broad SMARTS) is 1. The molecule has 0 amide bonds. The van der Waals surface area contributed by atoms with Crippen molar-refractivity contribution in [3.8, 4) is 17.6 Å². The molecule has 1 aromatic carbocycles. The summed E-state index contributed by atoms with van der Waals surface area (Å²) in [6.45, 7) is 8.44. The summed E-state index contributed by atoms with van der Waals surface area (Å²) in [5.74, 6) is 5.38. The molecule has 0 bridgehead atoms. The van der Waals surface area contributed by atoms with Crippen LogP contribution in [0.25, 0.3) is 0 Å². The first-order valence-electron chi connectivity index (χ1n) is 6.93. The van der Waals surface area contributed by atoms with E-state index in [1.54, 1.807) is 6.92 Å². The molecule has 0 fully saturated rings. The number of carboxylic acids is 1. The maximum absolute atomic E-state index is 10.9. The predicted octanol–water partition coefficient (Wildman–Crippen LogP) is 3.09. The monoisotopic (exact) mass is 328 g/mol. The Hall–Kier alpha value is -0.950. The molecule has 4 heteroatoms. The van der Waals surface area contributed by atoms with Crippen molar-refractivity contribution in [2.24, 2.45) is 0 Å². The van der Waals surface area contributed by atoms with Gasteiger partial charge in [-0.1, -0.05) is 23.6 Å². The fourth-order valence-electron chi connectivity index (χ4n) is 1.73. The molecule has 0 unspecified atom stereocenters. The van der Waals surface area contributed by atoms with Crippen LogP contribution in [0.1, 0.15) is 45.6 Å². The molecule has 1 N–H and O–H groups in total. The van der Waals surface area contributed by atoms with Gasteiger partial charge >= 0.3 is 43.7 Å². The van der Waals surface area contributed by atoms with Gasteiger partial charge in [-0.25, -0.2) is 0 Å². The van der Waals surface area contributed by atoms with Gasteiger partial charge in [-0.05, 0) is 51.0 Å². The van der Waals surface area contributed by atoms with Crippen LogP contribution in [0.3, 0.4) is 0 Å². The first-order chi connectivity index (χ1) is 9.93. The maximum atomic E-state index is 10.9. The molecule has 0 saturated heterocycles. The molecule has 116 valence electrons. The number of allylic oxidation sites excluding steroid dienone is 1. The van der Waals surface area contributed by atoms with E-state index in [2.05, 4.69) is 25.7 Å². The number of hydrogen-bond donors (Lipinski definition) is 1. The molecule has 0 saturated carbocycles. The molecule has 0 aliphatic carbocycles. The number of rotatable bonds is 6. The Labute approximate surface area is 162 Å². The zero-order chi connectivity index (χ0) is 15.8. The van der Waals surface area contributed by atoms with Gasteiger partial charge in [0.05, 0.1) is 12.3 Å². The van der Waals surface area contributed by atoms with E-state index in [4.69, 9.17) is 9.84 Å². The van der Waals surface area contributed by atoms with Crippen LogP contribution in [0.5, 0.6) is 5.75 Å². The summed E-state index contributed by atoms with van der Waals surface area (Å²) >= 11 is 0. The van der Waals surface area contributed by atoms with Gasteiger partial charge in [0.25, 0.3) is 0 Å². The van der Waals surface area contributed by atoms with Crippen molar-refractivity contribution in [1.29, 1.82) is 0 Å². The van der Waals surface area contributed by atoms with Crippen molar-refractivity contribution in [3.63, 3.8) is 0 Å². The fraction of sp³-hybridized carbons (Fsp3) is 0.389. The van der Waals surface area contributed by atoms with E-state index in [9.17, 15) is 4.79 Å². The molecule has 22 heavy (non-hydrogen) atoms. The van der Waals surface area contributed by atoms with Crippen molar-refractivity contribution in [1.82, 2.24) is 0 Å². The Kier molecular flexibility index (Phi) is 10.3. The first kappa shape index (κ1) is 21.0. The summed E-state index contributed by atoms with van der Waals surface area (Å²) in [6.07, 6.45) is 0.0118. The van der Waals surface area contributed by atoms with Crippen molar-refractivity contribution in [2.45, 2.75) is 40.0 Å². The summed E-state index contributed by atoms with van der Waals surface area (Å²) in [4.78, 5) is 10.9. The van der Waals surface area contributed by atoms with Crippen LogP contribution < -0.4 is 4.74 Å². The van der Waals surface area contributed by atoms with Gasteiger partial charge in [-0.15, -0.1) is 5.92 Å². The number of aliphatic carboxylic acids is 1. The first-order valence-corrected chi connectivity index (χ1v) is 6.93. The van der Waals surface area contributed by atoms with Gasteiger partial charge in [-0.2, -0.15) is 0 Å². The molecular weight excluding hydrogens is 304 g/mol. The van der Waals surface area contributed by atoms with Gasteiger partial charge in [0, 0.05) is 0 Å². The standard InChI is InChI=1S/C18H22O3.Ca.2H/c1-5-6-16(11-18(19)20)15-7-9-17(10-8-15)21-12-14(4)13(2)3;;;/h7-10,16H,11-12H2,1-4H3,(H,19,20);;;/t16-;;;/m0.../s1. The van der Waals surface area contributed by atoms with E-state index in [-0.39, 0.29) is 50.1 Å². The molecule has 0 aliphatic heterocycles. The third-order valence-electron chi connectivity index (χ3n) is 3.29.